The van der Waals surface area contributed by atoms with E-state index >= 15 is 0 Å². The van der Waals surface area contributed by atoms with E-state index in [9.17, 15) is 14.9 Å². The van der Waals surface area contributed by atoms with Crippen LogP contribution in [0.15, 0.2) is 65.6 Å². The third kappa shape index (κ3) is 5.64. The van der Waals surface area contributed by atoms with E-state index in [4.69, 9.17) is 21.1 Å². The first-order chi connectivity index (χ1) is 16.9. The van der Waals surface area contributed by atoms with Gasteiger partial charge in [0, 0.05) is 10.6 Å². The van der Waals surface area contributed by atoms with Crippen LogP contribution in [0.4, 0.5) is 4.79 Å². The maximum atomic E-state index is 13.0. The molecule has 0 saturated carbocycles. The van der Waals surface area contributed by atoms with Crippen LogP contribution in [-0.4, -0.2) is 23.2 Å². The molecule has 1 aliphatic rings. The number of carbonyl (C=O) groups is 2. The van der Waals surface area contributed by atoms with Crippen molar-refractivity contribution >= 4 is 63.2 Å². The summed E-state index contributed by atoms with van der Waals surface area (Å²) in [6.07, 6.45) is 1.66. The molecule has 9 heteroatoms. The predicted molar refractivity (Wildman–Crippen MR) is 144 cm³/mol. The molecule has 0 spiro atoms. The fourth-order valence-corrected chi connectivity index (χ4v) is 5.27. The third-order valence-electron chi connectivity index (χ3n) is 5.22. The fraction of sp³-hybridized carbons (Fsp3) is 0.115. The molecule has 0 N–H and O–H groups in total. The van der Waals surface area contributed by atoms with Gasteiger partial charge in [0.1, 0.15) is 6.61 Å². The van der Waals surface area contributed by atoms with E-state index in [0.29, 0.717) is 38.1 Å². The minimum absolute atomic E-state index is 0.111. The van der Waals surface area contributed by atoms with Crippen molar-refractivity contribution in [2.24, 2.45) is 0 Å². The van der Waals surface area contributed by atoms with Gasteiger partial charge in [0.25, 0.3) is 11.1 Å². The molecule has 1 heterocycles. The normalized spacial score (nSPS) is 14.3. The van der Waals surface area contributed by atoms with Crippen molar-refractivity contribution in [3.8, 4) is 17.6 Å². The number of amides is 2. The lowest BCUT2D eigenvalue weighted by Crippen LogP contribution is -2.27. The van der Waals surface area contributed by atoms with Crippen LogP contribution in [0, 0.1) is 14.9 Å². The molecule has 0 aromatic heterocycles. The zero-order valence-corrected chi connectivity index (χ0v) is 22.2. The summed E-state index contributed by atoms with van der Waals surface area (Å²) in [5.74, 6) is 0.639. The summed E-state index contributed by atoms with van der Waals surface area (Å²) < 4.78 is 12.3. The summed E-state index contributed by atoms with van der Waals surface area (Å²) in [6.45, 7) is 0.315. The second kappa shape index (κ2) is 11.2. The van der Waals surface area contributed by atoms with Gasteiger partial charge in [-0.2, -0.15) is 5.26 Å². The summed E-state index contributed by atoms with van der Waals surface area (Å²) >= 11 is 9.22. The summed E-state index contributed by atoms with van der Waals surface area (Å²) in [5, 5.41) is 9.45. The summed E-state index contributed by atoms with van der Waals surface area (Å²) in [4.78, 5) is 27.0. The van der Waals surface area contributed by atoms with Crippen molar-refractivity contribution in [3.05, 3.63) is 96.4 Å². The molecule has 1 aliphatic heterocycles. The number of benzene rings is 3. The van der Waals surface area contributed by atoms with Crippen LogP contribution in [0.25, 0.3) is 6.08 Å². The second-order valence-electron chi connectivity index (χ2n) is 7.45. The van der Waals surface area contributed by atoms with Crippen molar-refractivity contribution in [2.45, 2.75) is 13.2 Å². The Balaban J connectivity index is 1.55. The van der Waals surface area contributed by atoms with Crippen LogP contribution in [0.5, 0.6) is 11.5 Å². The molecule has 4 rings (SSSR count). The number of ether oxygens (including phenoxy) is 2. The Bertz CT molecular complexity index is 1390. The van der Waals surface area contributed by atoms with E-state index in [1.54, 1.807) is 42.5 Å². The third-order valence-corrected chi connectivity index (χ3v) is 7.30. The number of halogens is 2. The van der Waals surface area contributed by atoms with Gasteiger partial charge in [-0.1, -0.05) is 48.0 Å². The minimum Gasteiger partial charge on any atom is -0.493 e. The molecule has 0 aliphatic carbocycles. The maximum absolute atomic E-state index is 13.0. The van der Waals surface area contributed by atoms with Crippen LogP contribution in [0.3, 0.4) is 0 Å². The fourth-order valence-electron chi connectivity index (χ4n) is 3.45. The molecule has 3 aromatic carbocycles. The maximum Gasteiger partial charge on any atom is 0.293 e. The zero-order chi connectivity index (χ0) is 24.9. The van der Waals surface area contributed by atoms with Gasteiger partial charge in [-0.05, 0) is 75.8 Å². The van der Waals surface area contributed by atoms with Crippen LogP contribution >= 0.6 is 46.0 Å². The van der Waals surface area contributed by atoms with Gasteiger partial charge in [0.2, 0.25) is 0 Å². The first kappa shape index (κ1) is 25.1. The molecule has 1 saturated heterocycles. The lowest BCUT2D eigenvalue weighted by Gasteiger charge is -2.14. The average molecular weight is 617 g/mol. The largest absolute Gasteiger partial charge is 0.493 e. The molecule has 0 radical (unpaired) electrons. The first-order valence-corrected chi connectivity index (χ1v) is 12.7. The standard InChI is InChI=1S/C26H18ClIN2O4S/c1-33-22-11-16(10-21(28)24(22)34-15-19-8-3-2-6-17(19)13-29)12-23-25(31)30(26(32)35-23)14-18-7-4-5-9-20(18)27/h2-12H,14-15H2,1H3/b23-12-. The van der Waals surface area contributed by atoms with Crippen molar-refractivity contribution in [3.63, 3.8) is 0 Å². The van der Waals surface area contributed by atoms with Crippen molar-refractivity contribution in [2.75, 3.05) is 7.11 Å². The van der Waals surface area contributed by atoms with Crippen LogP contribution < -0.4 is 9.47 Å². The second-order valence-corrected chi connectivity index (χ2v) is 10.0. The van der Waals surface area contributed by atoms with Crippen molar-refractivity contribution in [1.82, 2.24) is 4.90 Å². The summed E-state index contributed by atoms with van der Waals surface area (Å²) in [7, 11) is 1.53. The Labute approximate surface area is 225 Å². The van der Waals surface area contributed by atoms with E-state index in [1.807, 2.05) is 24.3 Å². The number of carbonyl (C=O) groups excluding carboxylic acids is 2. The Kier molecular flexibility index (Phi) is 8.00. The highest BCUT2D eigenvalue weighted by Gasteiger charge is 2.35. The molecule has 6 nitrogen and oxygen atoms in total. The van der Waals surface area contributed by atoms with Crippen LogP contribution in [0.1, 0.15) is 22.3 Å². The number of imide groups is 1. The van der Waals surface area contributed by atoms with Gasteiger partial charge in [0.05, 0.1) is 33.8 Å². The summed E-state index contributed by atoms with van der Waals surface area (Å²) in [6, 6.07) is 20.1. The molecule has 2 amide bonds. The molecule has 176 valence electrons. The number of hydrogen-bond donors (Lipinski definition) is 0. The number of nitrogens with zero attached hydrogens (tertiary/aromatic N) is 2. The monoisotopic (exact) mass is 616 g/mol. The Morgan fingerprint density at radius 3 is 2.54 bits per heavy atom. The van der Waals surface area contributed by atoms with E-state index in [1.165, 1.54) is 12.0 Å². The van der Waals surface area contributed by atoms with Crippen molar-refractivity contribution in [1.29, 1.82) is 5.26 Å². The number of rotatable bonds is 7. The van der Waals surface area contributed by atoms with Crippen LogP contribution in [-0.2, 0) is 17.9 Å². The minimum atomic E-state index is -0.373. The molecule has 35 heavy (non-hydrogen) atoms. The number of thioether (sulfide) groups is 1. The lowest BCUT2D eigenvalue weighted by molar-refractivity contribution is -0.123. The molecule has 0 bridgehead atoms. The Hall–Kier alpha value is -3.00. The van der Waals surface area contributed by atoms with Gasteiger partial charge < -0.3 is 9.47 Å². The smallest absolute Gasteiger partial charge is 0.293 e. The predicted octanol–water partition coefficient (Wildman–Crippen LogP) is 6.64. The van der Waals surface area contributed by atoms with E-state index in [-0.39, 0.29) is 24.3 Å². The number of hydrogen-bond acceptors (Lipinski definition) is 6. The van der Waals surface area contributed by atoms with E-state index in [2.05, 4.69) is 28.7 Å². The SMILES string of the molecule is COc1cc(/C=C2\SC(=O)N(Cc3ccccc3Cl)C2=O)cc(I)c1OCc1ccccc1C#N. The molecular weight excluding hydrogens is 599 g/mol. The Morgan fingerprint density at radius 2 is 1.83 bits per heavy atom. The topological polar surface area (TPSA) is 79.6 Å². The first-order valence-electron chi connectivity index (χ1n) is 10.4. The average Bonchev–Trinajstić information content (AvgIpc) is 3.11. The zero-order valence-electron chi connectivity index (χ0n) is 18.5. The molecule has 0 atom stereocenters. The highest BCUT2D eigenvalue weighted by Crippen LogP contribution is 2.38. The number of methoxy groups -OCH3 is 1. The highest BCUT2D eigenvalue weighted by atomic mass is 127. The van der Waals surface area contributed by atoms with Gasteiger partial charge in [-0.3, -0.25) is 14.5 Å². The molecule has 3 aromatic rings. The highest BCUT2D eigenvalue weighted by molar-refractivity contribution is 14.1. The molecular formula is C26H18ClIN2O4S. The summed E-state index contributed by atoms with van der Waals surface area (Å²) in [5.41, 5.74) is 2.71. The van der Waals surface area contributed by atoms with Gasteiger partial charge in [-0.15, -0.1) is 0 Å². The van der Waals surface area contributed by atoms with Gasteiger partial charge >= 0.3 is 0 Å². The lowest BCUT2D eigenvalue weighted by atomic mass is 10.1. The Morgan fingerprint density at radius 1 is 1.11 bits per heavy atom. The van der Waals surface area contributed by atoms with E-state index < -0.39 is 0 Å². The van der Waals surface area contributed by atoms with Crippen molar-refractivity contribution < 1.29 is 19.1 Å². The van der Waals surface area contributed by atoms with Gasteiger partial charge in [-0.25, -0.2) is 0 Å². The molecule has 1 fully saturated rings. The van der Waals surface area contributed by atoms with E-state index in [0.717, 1.165) is 20.9 Å². The van der Waals surface area contributed by atoms with Gasteiger partial charge in [0.15, 0.2) is 11.5 Å². The van der Waals surface area contributed by atoms with Crippen LogP contribution in [0.2, 0.25) is 5.02 Å². The molecule has 0 unspecified atom stereocenters. The number of nitriles is 1. The quantitative estimate of drug-likeness (QED) is 0.219.